The van der Waals surface area contributed by atoms with E-state index in [9.17, 15) is 9.59 Å². The number of benzene rings is 3. The highest BCUT2D eigenvalue weighted by molar-refractivity contribution is 5.99. The maximum atomic E-state index is 12.2. The molecule has 0 aliphatic heterocycles. The highest BCUT2D eigenvalue weighted by atomic mass is 16.5. The molecule has 0 fully saturated rings. The van der Waals surface area contributed by atoms with E-state index in [1.165, 1.54) is 6.08 Å². The summed E-state index contributed by atoms with van der Waals surface area (Å²) < 4.78 is 5.64. The zero-order valence-corrected chi connectivity index (χ0v) is 17.2. The van der Waals surface area contributed by atoms with E-state index in [1.54, 1.807) is 30.3 Å². The summed E-state index contributed by atoms with van der Waals surface area (Å²) in [5.74, 6) is 0.489. The third-order valence-corrected chi connectivity index (χ3v) is 4.62. The maximum Gasteiger partial charge on any atom is 0.269 e. The molecule has 30 heavy (non-hydrogen) atoms. The molecule has 5 nitrogen and oxygen atoms in total. The van der Waals surface area contributed by atoms with Gasteiger partial charge in [0.1, 0.15) is 5.75 Å². The van der Waals surface area contributed by atoms with Crippen molar-refractivity contribution in [3.8, 4) is 5.75 Å². The van der Waals surface area contributed by atoms with Crippen LogP contribution in [0, 0.1) is 5.92 Å². The Balaban J connectivity index is 1.51. The van der Waals surface area contributed by atoms with Crippen molar-refractivity contribution >= 4 is 28.7 Å². The van der Waals surface area contributed by atoms with Gasteiger partial charge in [-0.15, -0.1) is 0 Å². The molecule has 0 saturated heterocycles. The first-order valence-electron chi connectivity index (χ1n) is 10.0. The van der Waals surface area contributed by atoms with Crippen molar-refractivity contribution in [2.45, 2.75) is 20.3 Å². The molecule has 3 aromatic rings. The van der Waals surface area contributed by atoms with Crippen LogP contribution < -0.4 is 15.6 Å². The Bertz CT molecular complexity index is 1030. The van der Waals surface area contributed by atoms with Crippen LogP contribution in [0.5, 0.6) is 5.75 Å². The molecule has 2 N–H and O–H groups in total. The molecule has 0 heterocycles. The number of carbonyl (C=O) groups is 2. The Morgan fingerprint density at radius 2 is 1.67 bits per heavy atom. The normalized spacial score (nSPS) is 11.0. The fourth-order valence-corrected chi connectivity index (χ4v) is 2.91. The predicted molar refractivity (Wildman–Crippen MR) is 120 cm³/mol. The molecule has 0 aliphatic carbocycles. The SMILES string of the molecule is CC(C)CCOc1ccc(C(=O)NNC(=O)C=Cc2cccc3ccccc23)cc1. The summed E-state index contributed by atoms with van der Waals surface area (Å²) in [6.45, 7) is 4.92. The molecule has 0 aliphatic rings. The molecule has 0 spiro atoms. The van der Waals surface area contributed by atoms with Gasteiger partial charge in [0.05, 0.1) is 6.61 Å². The predicted octanol–water partition coefficient (Wildman–Crippen LogP) is 4.74. The van der Waals surface area contributed by atoms with Crippen molar-refractivity contribution in [1.82, 2.24) is 10.9 Å². The molecule has 0 aromatic heterocycles. The number of hydrogen-bond acceptors (Lipinski definition) is 3. The smallest absolute Gasteiger partial charge is 0.269 e. The number of hydrogen-bond donors (Lipinski definition) is 2. The minimum Gasteiger partial charge on any atom is -0.494 e. The van der Waals surface area contributed by atoms with Gasteiger partial charge in [0.25, 0.3) is 11.8 Å². The lowest BCUT2D eigenvalue weighted by atomic mass is 10.0. The number of carbonyl (C=O) groups excluding carboxylic acids is 2. The molecule has 3 rings (SSSR count). The van der Waals surface area contributed by atoms with Crippen LogP contribution in [-0.2, 0) is 4.79 Å². The summed E-state index contributed by atoms with van der Waals surface area (Å²) >= 11 is 0. The fourth-order valence-electron chi connectivity index (χ4n) is 2.91. The molecule has 2 amide bonds. The second-order valence-electron chi connectivity index (χ2n) is 7.40. The quantitative estimate of drug-likeness (QED) is 0.443. The van der Waals surface area contributed by atoms with Crippen LogP contribution in [0.3, 0.4) is 0 Å². The van der Waals surface area contributed by atoms with Crippen LogP contribution in [0.25, 0.3) is 16.8 Å². The van der Waals surface area contributed by atoms with Gasteiger partial charge in [-0.05, 0) is 59.0 Å². The molecule has 0 saturated carbocycles. The van der Waals surface area contributed by atoms with E-state index in [-0.39, 0.29) is 0 Å². The van der Waals surface area contributed by atoms with E-state index in [2.05, 4.69) is 24.7 Å². The van der Waals surface area contributed by atoms with Gasteiger partial charge in [0.2, 0.25) is 0 Å². The lowest BCUT2D eigenvalue weighted by Gasteiger charge is -2.09. The molecule has 5 heteroatoms. The van der Waals surface area contributed by atoms with Crippen molar-refractivity contribution in [2.75, 3.05) is 6.61 Å². The summed E-state index contributed by atoms with van der Waals surface area (Å²) in [5, 5.41) is 2.16. The zero-order valence-electron chi connectivity index (χ0n) is 17.2. The second kappa shape index (κ2) is 10.3. The van der Waals surface area contributed by atoms with Crippen LogP contribution in [0.15, 0.2) is 72.8 Å². The molecular weight excluding hydrogens is 376 g/mol. The van der Waals surface area contributed by atoms with E-state index >= 15 is 0 Å². The Hall–Kier alpha value is -3.60. The van der Waals surface area contributed by atoms with E-state index in [4.69, 9.17) is 4.74 Å². The number of amides is 2. The Labute approximate surface area is 176 Å². The molecule has 0 radical (unpaired) electrons. The van der Waals surface area contributed by atoms with Crippen molar-refractivity contribution < 1.29 is 14.3 Å². The Kier molecular flexibility index (Phi) is 7.22. The van der Waals surface area contributed by atoms with Gasteiger partial charge in [-0.3, -0.25) is 20.4 Å². The van der Waals surface area contributed by atoms with Gasteiger partial charge in [-0.2, -0.15) is 0 Å². The average molecular weight is 402 g/mol. The number of rotatable bonds is 7. The summed E-state index contributed by atoms with van der Waals surface area (Å²) in [7, 11) is 0. The number of nitrogens with one attached hydrogen (secondary N) is 2. The first-order valence-corrected chi connectivity index (χ1v) is 10.0. The largest absolute Gasteiger partial charge is 0.494 e. The van der Waals surface area contributed by atoms with Crippen molar-refractivity contribution in [3.63, 3.8) is 0 Å². The van der Waals surface area contributed by atoms with Crippen LogP contribution in [0.1, 0.15) is 36.2 Å². The Morgan fingerprint density at radius 3 is 2.43 bits per heavy atom. The Morgan fingerprint density at radius 1 is 0.933 bits per heavy atom. The van der Waals surface area contributed by atoms with E-state index in [0.717, 1.165) is 22.8 Å². The van der Waals surface area contributed by atoms with E-state index in [0.29, 0.717) is 23.8 Å². The summed E-state index contributed by atoms with van der Waals surface area (Å²) in [5.41, 5.74) is 6.19. The molecular formula is C25H26N2O3. The lowest BCUT2D eigenvalue weighted by Crippen LogP contribution is -2.40. The number of fused-ring (bicyclic) bond motifs is 1. The van der Waals surface area contributed by atoms with Gasteiger partial charge in [-0.25, -0.2) is 0 Å². The van der Waals surface area contributed by atoms with E-state index in [1.807, 2.05) is 42.5 Å². The highest BCUT2D eigenvalue weighted by Gasteiger charge is 2.07. The van der Waals surface area contributed by atoms with Crippen molar-refractivity contribution in [2.24, 2.45) is 5.92 Å². The van der Waals surface area contributed by atoms with E-state index < -0.39 is 11.8 Å². The van der Waals surface area contributed by atoms with Crippen LogP contribution in [0.4, 0.5) is 0 Å². The highest BCUT2D eigenvalue weighted by Crippen LogP contribution is 2.19. The molecule has 0 unspecified atom stereocenters. The van der Waals surface area contributed by atoms with Crippen LogP contribution in [-0.4, -0.2) is 18.4 Å². The minimum absolute atomic E-state index is 0.393. The minimum atomic E-state index is -0.412. The first-order chi connectivity index (χ1) is 14.5. The van der Waals surface area contributed by atoms with Crippen LogP contribution >= 0.6 is 0 Å². The summed E-state index contributed by atoms with van der Waals surface area (Å²) in [6.07, 6.45) is 4.10. The third-order valence-electron chi connectivity index (χ3n) is 4.62. The zero-order chi connectivity index (χ0) is 21.3. The second-order valence-corrected chi connectivity index (χ2v) is 7.40. The standard InChI is InChI=1S/C25H26N2O3/c1-18(2)16-17-30-22-13-10-21(11-14-22)25(29)27-26-24(28)15-12-20-8-5-7-19-6-3-4-9-23(19)20/h3-15,18H,16-17H2,1-2H3,(H,26,28)(H,27,29). The molecule has 0 bridgehead atoms. The monoisotopic (exact) mass is 402 g/mol. The lowest BCUT2D eigenvalue weighted by molar-refractivity contribution is -0.117. The molecule has 154 valence electrons. The molecule has 3 aromatic carbocycles. The summed E-state index contributed by atoms with van der Waals surface area (Å²) in [4.78, 5) is 24.3. The molecule has 0 atom stereocenters. The van der Waals surface area contributed by atoms with Gasteiger partial charge in [-0.1, -0.05) is 56.3 Å². The fraction of sp³-hybridized carbons (Fsp3) is 0.200. The first kappa shape index (κ1) is 21.1. The number of ether oxygens (including phenoxy) is 1. The van der Waals surface area contributed by atoms with Crippen molar-refractivity contribution in [3.05, 3.63) is 83.9 Å². The topological polar surface area (TPSA) is 67.4 Å². The van der Waals surface area contributed by atoms with Gasteiger partial charge >= 0.3 is 0 Å². The summed E-state index contributed by atoms with van der Waals surface area (Å²) in [6, 6.07) is 20.7. The maximum absolute atomic E-state index is 12.2. The van der Waals surface area contributed by atoms with Gasteiger partial charge < -0.3 is 4.74 Å². The number of hydrazine groups is 1. The third kappa shape index (κ3) is 5.95. The van der Waals surface area contributed by atoms with Crippen molar-refractivity contribution in [1.29, 1.82) is 0 Å². The average Bonchev–Trinajstić information content (AvgIpc) is 2.76. The van der Waals surface area contributed by atoms with Crippen LogP contribution in [0.2, 0.25) is 0 Å². The van der Waals surface area contributed by atoms with Gasteiger partial charge in [0.15, 0.2) is 0 Å². The van der Waals surface area contributed by atoms with Gasteiger partial charge in [0, 0.05) is 11.6 Å².